The van der Waals surface area contributed by atoms with Crippen molar-refractivity contribution in [3.05, 3.63) is 35.9 Å². The maximum absolute atomic E-state index is 12.9. The van der Waals surface area contributed by atoms with Gasteiger partial charge in [-0.1, -0.05) is 50.6 Å². The molecule has 36 heavy (non-hydrogen) atoms. The molecule has 0 heterocycles. The van der Waals surface area contributed by atoms with Gasteiger partial charge in [-0.25, -0.2) is 4.79 Å². The van der Waals surface area contributed by atoms with E-state index in [-0.39, 0.29) is 6.42 Å². The molecule has 1 rings (SSSR count). The van der Waals surface area contributed by atoms with Crippen LogP contribution >= 0.6 is 0 Å². The number of benzene rings is 1. The number of carbonyl (C=O) groups excluding carboxylic acids is 5. The largest absolute Gasteiger partial charge is 0.480 e. The van der Waals surface area contributed by atoms with Crippen molar-refractivity contribution in [2.45, 2.75) is 63.7 Å². The van der Waals surface area contributed by atoms with Crippen molar-refractivity contribution < 1.29 is 33.9 Å². The number of nitrogens with two attached hydrogens (primary N) is 3. The van der Waals surface area contributed by atoms with Gasteiger partial charge in [0.25, 0.3) is 0 Å². The Morgan fingerprint density at radius 1 is 0.833 bits per heavy atom. The van der Waals surface area contributed by atoms with E-state index in [0.717, 1.165) is 5.56 Å². The first-order chi connectivity index (χ1) is 16.8. The molecule has 1 aromatic carbocycles. The Bertz CT molecular complexity index is 956. The summed E-state index contributed by atoms with van der Waals surface area (Å²) < 4.78 is 0. The van der Waals surface area contributed by atoms with Gasteiger partial charge in [0, 0.05) is 0 Å². The topological polar surface area (TPSA) is 237 Å². The van der Waals surface area contributed by atoms with Crippen LogP contribution in [-0.2, 0) is 35.2 Å². The monoisotopic (exact) mass is 506 g/mol. The zero-order valence-electron chi connectivity index (χ0n) is 20.2. The molecule has 13 nitrogen and oxygen atoms in total. The van der Waals surface area contributed by atoms with E-state index in [1.54, 1.807) is 44.2 Å². The van der Waals surface area contributed by atoms with E-state index >= 15 is 0 Å². The van der Waals surface area contributed by atoms with E-state index in [1.807, 2.05) is 0 Å². The maximum Gasteiger partial charge on any atom is 0.326 e. The molecule has 0 radical (unpaired) electrons. The summed E-state index contributed by atoms with van der Waals surface area (Å²) in [5.74, 6) is -6.36. The van der Waals surface area contributed by atoms with Crippen LogP contribution in [0.1, 0.15) is 38.7 Å². The lowest BCUT2D eigenvalue weighted by Gasteiger charge is -2.25. The number of rotatable bonds is 15. The summed E-state index contributed by atoms with van der Waals surface area (Å²) in [7, 11) is 0. The minimum Gasteiger partial charge on any atom is -0.480 e. The van der Waals surface area contributed by atoms with Crippen LogP contribution in [0.3, 0.4) is 0 Å². The summed E-state index contributed by atoms with van der Waals surface area (Å²) in [5.41, 5.74) is 17.1. The quantitative estimate of drug-likeness (QED) is 0.139. The minimum absolute atomic E-state index is 0.149. The van der Waals surface area contributed by atoms with Crippen molar-refractivity contribution in [1.29, 1.82) is 0 Å². The summed E-state index contributed by atoms with van der Waals surface area (Å²) >= 11 is 0. The van der Waals surface area contributed by atoms with Gasteiger partial charge in [0.1, 0.15) is 18.1 Å². The molecule has 0 aliphatic heterocycles. The van der Waals surface area contributed by atoms with Gasteiger partial charge in [0.15, 0.2) is 0 Å². The first-order valence-electron chi connectivity index (χ1n) is 11.4. The fourth-order valence-corrected chi connectivity index (χ4v) is 3.27. The number of hydrogen-bond donors (Lipinski definition) is 7. The minimum atomic E-state index is -1.56. The normalized spacial score (nSPS) is 14.9. The Morgan fingerprint density at radius 3 is 1.75 bits per heavy atom. The van der Waals surface area contributed by atoms with Crippen LogP contribution in [0.25, 0.3) is 0 Å². The molecule has 0 bridgehead atoms. The molecule has 0 spiro atoms. The molecular formula is C23H34N6O7. The first-order valence-corrected chi connectivity index (χ1v) is 11.4. The maximum atomic E-state index is 12.9. The lowest BCUT2D eigenvalue weighted by Crippen LogP contribution is -2.59. The SMILES string of the molecule is CCC(C)C(NC(=O)C(CC(N)=O)NC(=O)C(CC(N)=O)NC(=O)C(N)Cc1ccccc1)C(=O)O. The predicted octanol–water partition coefficient (Wildman–Crippen LogP) is -2.11. The Hall–Kier alpha value is -4.00. The van der Waals surface area contributed by atoms with Crippen LogP contribution in [0.15, 0.2) is 30.3 Å². The molecule has 1 aromatic rings. The summed E-state index contributed by atoms with van der Waals surface area (Å²) in [5, 5.41) is 16.3. The highest BCUT2D eigenvalue weighted by Gasteiger charge is 2.33. The van der Waals surface area contributed by atoms with E-state index in [2.05, 4.69) is 16.0 Å². The molecule has 5 unspecified atom stereocenters. The van der Waals surface area contributed by atoms with E-state index in [1.165, 1.54) is 0 Å². The van der Waals surface area contributed by atoms with Crippen LogP contribution < -0.4 is 33.2 Å². The number of primary amides is 2. The smallest absolute Gasteiger partial charge is 0.326 e. The Labute approximate surface area is 208 Å². The van der Waals surface area contributed by atoms with Gasteiger partial charge in [-0.05, 0) is 17.9 Å². The number of aliphatic carboxylic acids is 1. The fraction of sp³-hybridized carbons (Fsp3) is 0.478. The summed E-state index contributed by atoms with van der Waals surface area (Å²) in [4.78, 5) is 72.8. The number of nitrogens with one attached hydrogen (secondary N) is 3. The zero-order valence-corrected chi connectivity index (χ0v) is 20.2. The molecule has 198 valence electrons. The highest BCUT2D eigenvalue weighted by Crippen LogP contribution is 2.09. The molecule has 10 N–H and O–H groups in total. The summed E-state index contributed by atoms with van der Waals surface area (Å²) in [6.45, 7) is 3.34. The molecule has 13 heteroatoms. The second-order valence-electron chi connectivity index (χ2n) is 8.47. The summed E-state index contributed by atoms with van der Waals surface area (Å²) in [6, 6.07) is 3.43. The van der Waals surface area contributed by atoms with Crippen molar-refractivity contribution in [2.75, 3.05) is 0 Å². The van der Waals surface area contributed by atoms with Crippen molar-refractivity contribution in [2.24, 2.45) is 23.1 Å². The molecule has 5 atom stereocenters. The van der Waals surface area contributed by atoms with Gasteiger partial charge in [0.2, 0.25) is 29.5 Å². The van der Waals surface area contributed by atoms with Crippen LogP contribution in [0, 0.1) is 5.92 Å². The van der Waals surface area contributed by atoms with Crippen molar-refractivity contribution >= 4 is 35.5 Å². The summed E-state index contributed by atoms with van der Waals surface area (Å²) in [6.07, 6.45) is -0.698. The molecule has 0 aromatic heterocycles. The Balaban J connectivity index is 3.00. The molecule has 5 amide bonds. The third-order valence-electron chi connectivity index (χ3n) is 5.49. The second kappa shape index (κ2) is 14.4. The lowest BCUT2D eigenvalue weighted by atomic mass is 9.98. The van der Waals surface area contributed by atoms with E-state index in [9.17, 15) is 33.9 Å². The standard InChI is InChI=1S/C23H34N6O7/c1-3-12(2)19(23(35)36)29-22(34)16(11-18(26)31)28-21(33)15(10-17(25)30)27-20(32)14(24)9-13-7-5-4-6-8-13/h4-8,12,14-16,19H,3,9-11,24H2,1-2H3,(H2,25,30)(H2,26,31)(H,27,32)(H,28,33)(H,29,34)(H,35,36). The van der Waals surface area contributed by atoms with Gasteiger partial charge >= 0.3 is 5.97 Å². The Morgan fingerprint density at radius 2 is 1.31 bits per heavy atom. The van der Waals surface area contributed by atoms with E-state index in [4.69, 9.17) is 17.2 Å². The molecule has 0 fully saturated rings. The third-order valence-corrected chi connectivity index (χ3v) is 5.49. The van der Waals surface area contributed by atoms with Crippen molar-refractivity contribution in [3.63, 3.8) is 0 Å². The fourth-order valence-electron chi connectivity index (χ4n) is 3.27. The Kier molecular flexibility index (Phi) is 12.0. The highest BCUT2D eigenvalue weighted by molar-refractivity contribution is 5.97. The average molecular weight is 507 g/mol. The number of amides is 5. The van der Waals surface area contributed by atoms with Crippen LogP contribution in [0.5, 0.6) is 0 Å². The third kappa shape index (κ3) is 10.1. The number of hydrogen-bond acceptors (Lipinski definition) is 7. The van der Waals surface area contributed by atoms with Gasteiger partial charge in [-0.2, -0.15) is 0 Å². The zero-order chi connectivity index (χ0) is 27.4. The number of carboxylic acid groups (broad SMARTS) is 1. The van der Waals surface area contributed by atoms with Crippen LogP contribution in [-0.4, -0.2) is 64.8 Å². The van der Waals surface area contributed by atoms with E-state index < -0.39 is 78.4 Å². The number of carboxylic acids is 1. The number of carbonyl (C=O) groups is 6. The average Bonchev–Trinajstić information content (AvgIpc) is 2.80. The molecule has 0 aliphatic rings. The highest BCUT2D eigenvalue weighted by atomic mass is 16.4. The van der Waals surface area contributed by atoms with Crippen molar-refractivity contribution in [3.8, 4) is 0 Å². The first kappa shape index (κ1) is 30.0. The van der Waals surface area contributed by atoms with Crippen LogP contribution in [0.4, 0.5) is 0 Å². The van der Waals surface area contributed by atoms with Gasteiger partial charge in [0.05, 0.1) is 18.9 Å². The molecule has 0 aliphatic carbocycles. The molecule has 0 saturated heterocycles. The van der Waals surface area contributed by atoms with Gasteiger partial charge < -0.3 is 38.3 Å². The van der Waals surface area contributed by atoms with Crippen molar-refractivity contribution in [1.82, 2.24) is 16.0 Å². The van der Waals surface area contributed by atoms with Crippen LogP contribution in [0.2, 0.25) is 0 Å². The lowest BCUT2D eigenvalue weighted by molar-refractivity contribution is -0.144. The second-order valence-corrected chi connectivity index (χ2v) is 8.47. The van der Waals surface area contributed by atoms with E-state index in [0.29, 0.717) is 6.42 Å². The molecule has 0 saturated carbocycles. The molecular weight excluding hydrogens is 472 g/mol. The predicted molar refractivity (Wildman–Crippen MR) is 129 cm³/mol. The van der Waals surface area contributed by atoms with Gasteiger partial charge in [-0.3, -0.25) is 24.0 Å². The van der Waals surface area contributed by atoms with Gasteiger partial charge in [-0.15, -0.1) is 0 Å².